The lowest BCUT2D eigenvalue weighted by molar-refractivity contribution is 0.0765. The van der Waals surface area contributed by atoms with Crippen molar-refractivity contribution in [3.05, 3.63) is 60.3 Å². The first-order valence-corrected chi connectivity index (χ1v) is 5.46. The number of rotatable bonds is 1. The fraction of sp³-hybridized carbons (Fsp3) is 0.231. The summed E-state index contributed by atoms with van der Waals surface area (Å²) in [7, 11) is 4.20. The van der Waals surface area contributed by atoms with E-state index in [1.807, 2.05) is 0 Å². The van der Waals surface area contributed by atoms with Gasteiger partial charge in [-0.1, -0.05) is 12.2 Å². The standard InChI is InChI=1S/C13H15N3/c1-14(2)13-15-9-5-3-7-11(15)12-8-4-6-10-16(12)13/h3-10,13H,1-2H3. The summed E-state index contributed by atoms with van der Waals surface area (Å²) >= 11 is 0. The Labute approximate surface area is 95.9 Å². The molecule has 0 fully saturated rings. The van der Waals surface area contributed by atoms with Gasteiger partial charge in [-0.05, 0) is 38.4 Å². The number of hydrogen-bond donors (Lipinski definition) is 0. The molecule has 0 saturated carbocycles. The van der Waals surface area contributed by atoms with E-state index in [-0.39, 0.29) is 6.29 Å². The van der Waals surface area contributed by atoms with Gasteiger partial charge >= 0.3 is 0 Å². The number of allylic oxidation sites excluding steroid dienone is 6. The highest BCUT2D eigenvalue weighted by Gasteiger charge is 2.36. The van der Waals surface area contributed by atoms with Crippen LogP contribution in [0.1, 0.15) is 0 Å². The normalized spacial score (nSPS) is 22.4. The van der Waals surface area contributed by atoms with Gasteiger partial charge in [0.25, 0.3) is 0 Å². The van der Waals surface area contributed by atoms with E-state index < -0.39 is 0 Å². The van der Waals surface area contributed by atoms with Gasteiger partial charge in [-0.15, -0.1) is 0 Å². The van der Waals surface area contributed by atoms with Crippen molar-refractivity contribution in [2.24, 2.45) is 0 Å². The van der Waals surface area contributed by atoms with Gasteiger partial charge in [0.05, 0.1) is 11.4 Å². The van der Waals surface area contributed by atoms with Crippen LogP contribution in [0.3, 0.4) is 0 Å². The average Bonchev–Trinajstić information content (AvgIpc) is 2.63. The fourth-order valence-corrected chi connectivity index (χ4v) is 2.38. The molecule has 3 rings (SSSR count). The van der Waals surface area contributed by atoms with Crippen molar-refractivity contribution in [2.75, 3.05) is 14.1 Å². The van der Waals surface area contributed by atoms with E-state index in [9.17, 15) is 0 Å². The average molecular weight is 213 g/mol. The topological polar surface area (TPSA) is 9.72 Å². The molecule has 3 heteroatoms. The maximum absolute atomic E-state index is 2.29. The van der Waals surface area contributed by atoms with Crippen LogP contribution in [0.5, 0.6) is 0 Å². The third kappa shape index (κ3) is 1.18. The van der Waals surface area contributed by atoms with Crippen molar-refractivity contribution in [3.8, 4) is 0 Å². The minimum atomic E-state index is 0.243. The minimum Gasteiger partial charge on any atom is -0.312 e. The van der Waals surface area contributed by atoms with E-state index in [0.29, 0.717) is 0 Å². The molecule has 0 radical (unpaired) electrons. The van der Waals surface area contributed by atoms with Crippen molar-refractivity contribution in [1.29, 1.82) is 0 Å². The lowest BCUT2D eigenvalue weighted by Crippen LogP contribution is -2.46. The van der Waals surface area contributed by atoms with E-state index in [4.69, 9.17) is 0 Å². The van der Waals surface area contributed by atoms with E-state index >= 15 is 0 Å². The predicted molar refractivity (Wildman–Crippen MR) is 64.7 cm³/mol. The van der Waals surface area contributed by atoms with E-state index in [0.717, 1.165) is 0 Å². The Hall–Kier alpha value is -1.74. The monoisotopic (exact) mass is 213 g/mol. The Morgan fingerprint density at radius 1 is 0.875 bits per heavy atom. The Bertz CT molecular complexity index is 414. The molecule has 3 aliphatic rings. The summed E-state index contributed by atoms with van der Waals surface area (Å²) in [6, 6.07) is 0. The quantitative estimate of drug-likeness (QED) is 0.658. The summed E-state index contributed by atoms with van der Waals surface area (Å²) in [6.07, 6.45) is 17.2. The lowest BCUT2D eigenvalue weighted by Gasteiger charge is -2.36. The number of nitrogens with zero attached hydrogens (tertiary/aromatic N) is 3. The van der Waals surface area contributed by atoms with E-state index in [2.05, 4.69) is 77.7 Å². The SMILES string of the molecule is CN(C)C1N2C=CC=CC2=C2C=CC=CN21. The molecular weight excluding hydrogens is 198 g/mol. The van der Waals surface area contributed by atoms with Crippen molar-refractivity contribution in [2.45, 2.75) is 6.29 Å². The molecular formula is C13H15N3. The molecule has 0 spiro atoms. The highest BCUT2D eigenvalue weighted by atomic mass is 15.5. The van der Waals surface area contributed by atoms with Crippen LogP contribution in [0.4, 0.5) is 0 Å². The highest BCUT2D eigenvalue weighted by molar-refractivity contribution is 5.44. The lowest BCUT2D eigenvalue weighted by atomic mass is 10.2. The molecule has 0 aromatic heterocycles. The third-order valence-electron chi connectivity index (χ3n) is 3.00. The van der Waals surface area contributed by atoms with Crippen LogP contribution >= 0.6 is 0 Å². The number of hydrogen-bond acceptors (Lipinski definition) is 3. The zero-order chi connectivity index (χ0) is 11.1. The molecule has 0 N–H and O–H groups in total. The molecule has 3 nitrogen and oxygen atoms in total. The van der Waals surface area contributed by atoms with Gasteiger partial charge in [-0.3, -0.25) is 4.90 Å². The molecule has 0 unspecified atom stereocenters. The molecule has 16 heavy (non-hydrogen) atoms. The molecule has 3 aliphatic heterocycles. The van der Waals surface area contributed by atoms with Gasteiger partial charge in [0.2, 0.25) is 0 Å². The van der Waals surface area contributed by atoms with Crippen molar-refractivity contribution >= 4 is 0 Å². The van der Waals surface area contributed by atoms with Gasteiger partial charge in [-0.2, -0.15) is 0 Å². The first-order valence-electron chi connectivity index (χ1n) is 5.46. The van der Waals surface area contributed by atoms with Gasteiger partial charge in [-0.25, -0.2) is 0 Å². The molecule has 82 valence electrons. The van der Waals surface area contributed by atoms with Crippen LogP contribution in [0.15, 0.2) is 60.3 Å². The van der Waals surface area contributed by atoms with Crippen molar-refractivity contribution < 1.29 is 0 Å². The molecule has 0 amide bonds. The van der Waals surface area contributed by atoms with Crippen LogP contribution in [-0.4, -0.2) is 35.1 Å². The second-order valence-corrected chi connectivity index (χ2v) is 4.30. The van der Waals surface area contributed by atoms with Gasteiger partial charge in [0, 0.05) is 12.4 Å². The predicted octanol–water partition coefficient (Wildman–Crippen LogP) is 1.83. The van der Waals surface area contributed by atoms with Crippen molar-refractivity contribution in [3.63, 3.8) is 0 Å². The summed E-state index contributed by atoms with van der Waals surface area (Å²) < 4.78 is 0. The van der Waals surface area contributed by atoms with Gasteiger partial charge in [0.15, 0.2) is 6.29 Å². The molecule has 0 saturated heterocycles. The Morgan fingerprint density at radius 3 is 1.81 bits per heavy atom. The summed E-state index contributed by atoms with van der Waals surface area (Å²) in [6.45, 7) is 0. The van der Waals surface area contributed by atoms with Crippen LogP contribution in [-0.2, 0) is 0 Å². The molecule has 0 bridgehead atoms. The first kappa shape index (κ1) is 9.48. The zero-order valence-corrected chi connectivity index (χ0v) is 9.54. The van der Waals surface area contributed by atoms with Crippen LogP contribution < -0.4 is 0 Å². The molecule has 0 aromatic rings. The van der Waals surface area contributed by atoms with Crippen LogP contribution in [0.2, 0.25) is 0 Å². The van der Waals surface area contributed by atoms with E-state index in [1.54, 1.807) is 0 Å². The summed E-state index contributed by atoms with van der Waals surface area (Å²) in [5.41, 5.74) is 2.53. The second-order valence-electron chi connectivity index (χ2n) is 4.30. The highest BCUT2D eigenvalue weighted by Crippen LogP contribution is 2.35. The smallest absolute Gasteiger partial charge is 0.167 e. The Balaban J connectivity index is 2.10. The maximum Gasteiger partial charge on any atom is 0.167 e. The Morgan fingerprint density at radius 2 is 1.38 bits per heavy atom. The summed E-state index contributed by atoms with van der Waals surface area (Å²) in [5, 5.41) is 0. The second kappa shape index (κ2) is 3.39. The fourth-order valence-electron chi connectivity index (χ4n) is 2.38. The number of fused-ring (bicyclic) bond motifs is 2. The largest absolute Gasteiger partial charge is 0.312 e. The molecule has 0 aliphatic carbocycles. The van der Waals surface area contributed by atoms with Crippen molar-refractivity contribution in [1.82, 2.24) is 14.7 Å². The van der Waals surface area contributed by atoms with E-state index in [1.165, 1.54) is 11.4 Å². The Kier molecular flexibility index (Phi) is 2.01. The summed E-state index contributed by atoms with van der Waals surface area (Å²) in [5.74, 6) is 0. The molecule has 0 aromatic carbocycles. The molecule has 3 heterocycles. The van der Waals surface area contributed by atoms with Gasteiger partial charge < -0.3 is 9.80 Å². The first-order chi connectivity index (χ1) is 7.79. The minimum absolute atomic E-state index is 0.243. The third-order valence-corrected chi connectivity index (χ3v) is 3.00. The van der Waals surface area contributed by atoms with Crippen LogP contribution in [0.25, 0.3) is 0 Å². The van der Waals surface area contributed by atoms with Gasteiger partial charge in [0.1, 0.15) is 0 Å². The summed E-state index contributed by atoms with van der Waals surface area (Å²) in [4.78, 5) is 6.78. The van der Waals surface area contributed by atoms with Crippen LogP contribution in [0, 0.1) is 0 Å². The zero-order valence-electron chi connectivity index (χ0n) is 9.54. The molecule has 0 atom stereocenters. The maximum atomic E-state index is 2.29.